The molecule has 0 fully saturated rings. The van der Waals surface area contributed by atoms with Crippen LogP contribution in [0.2, 0.25) is 0 Å². The minimum Gasteiger partial charge on any atom is -0.497 e. The number of rotatable bonds is 7. The van der Waals surface area contributed by atoms with Crippen LogP contribution in [0.5, 0.6) is 5.75 Å². The largest absolute Gasteiger partial charge is 0.497 e. The van der Waals surface area contributed by atoms with Gasteiger partial charge in [0, 0.05) is 19.6 Å². The van der Waals surface area contributed by atoms with E-state index >= 15 is 0 Å². The van der Waals surface area contributed by atoms with Crippen LogP contribution in [-0.4, -0.2) is 32.7 Å². The summed E-state index contributed by atoms with van der Waals surface area (Å²) in [4.78, 5) is 4.47. The van der Waals surface area contributed by atoms with E-state index in [2.05, 4.69) is 41.6 Å². The predicted octanol–water partition coefficient (Wildman–Crippen LogP) is 2.20. The van der Waals surface area contributed by atoms with Gasteiger partial charge in [-0.15, -0.1) is 0 Å². The molecule has 1 aromatic carbocycles. The van der Waals surface area contributed by atoms with Crippen molar-refractivity contribution in [3.8, 4) is 5.75 Å². The van der Waals surface area contributed by atoms with Gasteiger partial charge in [0.15, 0.2) is 5.96 Å². The zero-order chi connectivity index (χ0) is 13.9. The van der Waals surface area contributed by atoms with Crippen molar-refractivity contribution in [2.24, 2.45) is 4.99 Å². The summed E-state index contributed by atoms with van der Waals surface area (Å²) >= 11 is 0. The van der Waals surface area contributed by atoms with E-state index in [0.717, 1.165) is 44.2 Å². The van der Waals surface area contributed by atoms with Crippen molar-refractivity contribution in [2.45, 2.75) is 26.7 Å². The van der Waals surface area contributed by atoms with Crippen molar-refractivity contribution >= 4 is 5.96 Å². The number of nitrogens with zero attached hydrogens (tertiary/aromatic N) is 1. The van der Waals surface area contributed by atoms with Crippen LogP contribution in [0.3, 0.4) is 0 Å². The molecule has 0 heterocycles. The van der Waals surface area contributed by atoms with Crippen LogP contribution in [0.4, 0.5) is 0 Å². The first-order chi connectivity index (χ1) is 9.30. The Morgan fingerprint density at radius 3 is 2.79 bits per heavy atom. The highest BCUT2D eigenvalue weighted by atomic mass is 16.5. The molecule has 19 heavy (non-hydrogen) atoms. The minimum absolute atomic E-state index is 0.856. The Balaban J connectivity index is 2.42. The van der Waals surface area contributed by atoms with Crippen molar-refractivity contribution in [1.82, 2.24) is 10.6 Å². The first-order valence-electron chi connectivity index (χ1n) is 6.95. The molecular formula is C15H25N3O. The molecular weight excluding hydrogens is 238 g/mol. The molecule has 1 rings (SSSR count). The minimum atomic E-state index is 0.856. The molecule has 4 nitrogen and oxygen atoms in total. The molecule has 0 bridgehead atoms. The van der Waals surface area contributed by atoms with Crippen LogP contribution in [0.15, 0.2) is 29.3 Å². The molecule has 0 spiro atoms. The first-order valence-corrected chi connectivity index (χ1v) is 6.95. The van der Waals surface area contributed by atoms with E-state index in [-0.39, 0.29) is 0 Å². The Hall–Kier alpha value is -1.71. The Morgan fingerprint density at radius 1 is 1.26 bits per heavy atom. The molecule has 0 atom stereocenters. The molecule has 0 aliphatic rings. The van der Waals surface area contributed by atoms with Crippen molar-refractivity contribution in [3.63, 3.8) is 0 Å². The van der Waals surface area contributed by atoms with Crippen LogP contribution in [0.25, 0.3) is 0 Å². The van der Waals surface area contributed by atoms with Gasteiger partial charge in [0.25, 0.3) is 0 Å². The average Bonchev–Trinajstić information content (AvgIpc) is 2.45. The summed E-state index contributed by atoms with van der Waals surface area (Å²) in [6.07, 6.45) is 2.01. The summed E-state index contributed by atoms with van der Waals surface area (Å²) in [5, 5.41) is 6.58. The van der Waals surface area contributed by atoms with Crippen LogP contribution in [0.1, 0.15) is 25.8 Å². The number of ether oxygens (including phenoxy) is 1. The van der Waals surface area contributed by atoms with Crippen LogP contribution >= 0.6 is 0 Å². The van der Waals surface area contributed by atoms with E-state index in [1.165, 1.54) is 5.56 Å². The van der Waals surface area contributed by atoms with E-state index in [9.17, 15) is 0 Å². The Labute approximate surface area is 116 Å². The van der Waals surface area contributed by atoms with Gasteiger partial charge in [-0.3, -0.25) is 4.99 Å². The second-order valence-corrected chi connectivity index (χ2v) is 4.29. The normalized spacial score (nSPS) is 11.2. The highest BCUT2D eigenvalue weighted by Crippen LogP contribution is 2.12. The van der Waals surface area contributed by atoms with Gasteiger partial charge < -0.3 is 15.4 Å². The topological polar surface area (TPSA) is 45.7 Å². The molecule has 0 radical (unpaired) electrons. The van der Waals surface area contributed by atoms with E-state index in [1.807, 2.05) is 12.1 Å². The lowest BCUT2D eigenvalue weighted by molar-refractivity contribution is 0.414. The van der Waals surface area contributed by atoms with Crippen molar-refractivity contribution in [2.75, 3.05) is 26.7 Å². The molecule has 0 unspecified atom stereocenters. The van der Waals surface area contributed by atoms with Crippen molar-refractivity contribution < 1.29 is 4.74 Å². The summed E-state index contributed by atoms with van der Waals surface area (Å²) < 4.78 is 5.22. The Morgan fingerprint density at radius 2 is 2.11 bits per heavy atom. The zero-order valence-electron chi connectivity index (χ0n) is 12.2. The van der Waals surface area contributed by atoms with E-state index in [0.29, 0.717) is 0 Å². The second kappa shape index (κ2) is 9.25. The van der Waals surface area contributed by atoms with Gasteiger partial charge in [0.2, 0.25) is 0 Å². The molecule has 2 N–H and O–H groups in total. The summed E-state index contributed by atoms with van der Waals surface area (Å²) in [5.74, 6) is 1.80. The monoisotopic (exact) mass is 263 g/mol. The third-order valence-electron chi connectivity index (χ3n) is 2.68. The van der Waals surface area contributed by atoms with E-state index in [1.54, 1.807) is 7.11 Å². The van der Waals surface area contributed by atoms with Gasteiger partial charge in [0.1, 0.15) is 5.75 Å². The van der Waals surface area contributed by atoms with E-state index in [4.69, 9.17) is 4.74 Å². The van der Waals surface area contributed by atoms with Crippen LogP contribution in [0, 0.1) is 0 Å². The third kappa shape index (κ3) is 6.13. The molecule has 0 aromatic heterocycles. The fourth-order valence-corrected chi connectivity index (χ4v) is 1.72. The molecule has 0 aliphatic carbocycles. The van der Waals surface area contributed by atoms with Gasteiger partial charge in [-0.1, -0.05) is 19.1 Å². The fourth-order valence-electron chi connectivity index (χ4n) is 1.72. The first kappa shape index (κ1) is 15.3. The van der Waals surface area contributed by atoms with Gasteiger partial charge >= 0.3 is 0 Å². The highest BCUT2D eigenvalue weighted by molar-refractivity contribution is 5.79. The molecule has 106 valence electrons. The number of hydrogen-bond acceptors (Lipinski definition) is 2. The maximum Gasteiger partial charge on any atom is 0.191 e. The number of guanidine groups is 1. The quantitative estimate of drug-likeness (QED) is 0.585. The second-order valence-electron chi connectivity index (χ2n) is 4.29. The highest BCUT2D eigenvalue weighted by Gasteiger charge is 1.98. The van der Waals surface area contributed by atoms with Crippen molar-refractivity contribution in [1.29, 1.82) is 0 Å². The van der Waals surface area contributed by atoms with Gasteiger partial charge in [0.05, 0.1) is 7.11 Å². The lowest BCUT2D eigenvalue weighted by Crippen LogP contribution is -2.38. The van der Waals surface area contributed by atoms with Crippen LogP contribution < -0.4 is 15.4 Å². The molecule has 4 heteroatoms. The summed E-state index contributed by atoms with van der Waals surface area (Å²) in [5.41, 5.74) is 1.26. The lowest BCUT2D eigenvalue weighted by Gasteiger charge is -2.11. The maximum absolute atomic E-state index is 5.22. The smallest absolute Gasteiger partial charge is 0.191 e. The molecule has 0 saturated heterocycles. The number of hydrogen-bond donors (Lipinski definition) is 2. The SMILES string of the molecule is CCCN=C(NCC)NCCc1cccc(OC)c1. The molecule has 0 amide bonds. The van der Waals surface area contributed by atoms with E-state index < -0.39 is 0 Å². The van der Waals surface area contributed by atoms with Crippen LogP contribution in [-0.2, 0) is 6.42 Å². The van der Waals surface area contributed by atoms with Gasteiger partial charge in [-0.2, -0.15) is 0 Å². The number of benzene rings is 1. The van der Waals surface area contributed by atoms with Crippen molar-refractivity contribution in [3.05, 3.63) is 29.8 Å². The number of methoxy groups -OCH3 is 1. The third-order valence-corrected chi connectivity index (χ3v) is 2.68. The lowest BCUT2D eigenvalue weighted by atomic mass is 10.1. The molecule has 0 aliphatic heterocycles. The Bertz CT molecular complexity index is 391. The number of aliphatic imine (C=N–C) groups is 1. The summed E-state index contributed by atoms with van der Waals surface area (Å²) in [7, 11) is 1.69. The average molecular weight is 263 g/mol. The molecule has 1 aromatic rings. The maximum atomic E-state index is 5.22. The standard InChI is InChI=1S/C15H25N3O/c1-4-10-17-15(16-5-2)18-11-9-13-7-6-8-14(12-13)19-3/h6-8,12H,4-5,9-11H2,1-3H3,(H2,16,17,18). The van der Waals surface area contributed by atoms with Gasteiger partial charge in [-0.25, -0.2) is 0 Å². The summed E-state index contributed by atoms with van der Waals surface area (Å²) in [6, 6.07) is 8.16. The fraction of sp³-hybridized carbons (Fsp3) is 0.533. The summed E-state index contributed by atoms with van der Waals surface area (Å²) in [6.45, 7) is 6.81. The van der Waals surface area contributed by atoms with Gasteiger partial charge in [-0.05, 0) is 37.5 Å². The zero-order valence-corrected chi connectivity index (χ0v) is 12.2. The Kier molecular flexibility index (Phi) is 7.47. The predicted molar refractivity (Wildman–Crippen MR) is 81.0 cm³/mol. The number of nitrogens with one attached hydrogen (secondary N) is 2. The molecule has 0 saturated carbocycles.